The number of nitrogens with two attached hydrogens (primary N) is 2. The predicted molar refractivity (Wildman–Crippen MR) is 248 cm³/mol. The van der Waals surface area contributed by atoms with Crippen molar-refractivity contribution in [2.24, 2.45) is 46.0 Å². The molecular weight excluding hydrogens is 843 g/mol. The summed E-state index contributed by atoms with van der Waals surface area (Å²) < 4.78 is 54.2. The second-order valence-electron chi connectivity index (χ2n) is 20.1. The number of aromatic hydroxyl groups is 1. The lowest BCUT2D eigenvalue weighted by Crippen LogP contribution is -2.46. The van der Waals surface area contributed by atoms with E-state index in [2.05, 4.69) is 24.8 Å². The predicted octanol–water partition coefficient (Wildman–Crippen LogP) is 7.24. The van der Waals surface area contributed by atoms with Gasteiger partial charge in [0.1, 0.15) is 17.6 Å². The van der Waals surface area contributed by atoms with Gasteiger partial charge in [-0.3, -0.25) is 4.55 Å². The monoisotopic (exact) mass is 907 g/mol. The lowest BCUT2D eigenvalue weighted by molar-refractivity contribution is -0.0853. The Hall–Kier alpha value is -4.42. The molecule has 0 unspecified atom stereocenters. The molecule has 11 atom stereocenters. The summed E-state index contributed by atoms with van der Waals surface area (Å²) in [7, 11) is -4.66. The largest absolute Gasteiger partial charge is 0.508 e. The molecule has 2 fully saturated rings. The molecule has 3 aromatic carbocycles. The zero-order chi connectivity index (χ0) is 45.7. The number of phenolic OH excluding ortho intramolecular Hbond substituents is 1. The molecule has 5 heterocycles. The molecule has 0 aromatic heterocycles. The van der Waals surface area contributed by atoms with Crippen LogP contribution in [0, 0.1) is 41.4 Å². The van der Waals surface area contributed by atoms with Crippen molar-refractivity contribution in [2.75, 3.05) is 13.2 Å². The van der Waals surface area contributed by atoms with Gasteiger partial charge in [-0.05, 0) is 140 Å². The molecule has 65 heavy (non-hydrogen) atoms. The highest BCUT2D eigenvalue weighted by Gasteiger charge is 2.50. The molecule has 12 nitrogen and oxygen atoms in total. The minimum absolute atomic E-state index is 0.0725. The van der Waals surface area contributed by atoms with Gasteiger partial charge in [0.05, 0.1) is 17.0 Å². The minimum Gasteiger partial charge on any atom is -0.508 e. The van der Waals surface area contributed by atoms with Crippen LogP contribution in [0.1, 0.15) is 142 Å². The van der Waals surface area contributed by atoms with Crippen molar-refractivity contribution in [3.05, 3.63) is 106 Å². The number of aliphatic hydroxyl groups is 3. The number of benzene rings is 3. The Balaban J connectivity index is 1.26. The van der Waals surface area contributed by atoms with Gasteiger partial charge in [-0.15, -0.1) is 0 Å². The molecule has 9 N–H and O–H groups in total. The fraction of sp³-hybridized carbons (Fsp3) is 0.558. The van der Waals surface area contributed by atoms with Crippen molar-refractivity contribution >= 4 is 16.1 Å². The SMILES string of the molecule is C[C@@H]1CCc2cc3ccc2[C@H]1C[C@@H](S(=O)(=O)O)[C@H]1C=C2C[C@H](C[C@H]4C[C@@H](CO)CC#Cc5cc(O)ccc5[C@@H]2O4)[C@@H]1c1ccc(cc1)[C@](C[C@H](CCO)C1(O)CCCCC1)(N=C(N)N)O3. The van der Waals surface area contributed by atoms with Crippen LogP contribution in [0.4, 0.5) is 0 Å². The van der Waals surface area contributed by atoms with Crippen molar-refractivity contribution in [1.82, 2.24) is 0 Å². The van der Waals surface area contributed by atoms with E-state index in [4.69, 9.17) is 25.9 Å². The second kappa shape index (κ2) is 18.3. The Morgan fingerprint density at radius 3 is 2.48 bits per heavy atom. The molecule has 5 aliphatic heterocycles. The third-order valence-corrected chi connectivity index (χ3v) is 17.3. The number of aliphatic imine (C=N–C) groups is 1. The molecule has 10 bridgehead atoms. The Labute approximate surface area is 383 Å². The molecule has 1 saturated heterocycles. The lowest BCUT2D eigenvalue weighted by Gasteiger charge is -2.43. The number of aryl methyl sites for hydroxylation is 1. The van der Waals surface area contributed by atoms with E-state index in [0.717, 1.165) is 59.9 Å². The first-order valence-corrected chi connectivity index (χ1v) is 25.3. The average molecular weight is 908 g/mol. The molecule has 0 spiro atoms. The number of ether oxygens (including phenoxy) is 2. The van der Waals surface area contributed by atoms with E-state index in [1.165, 1.54) is 0 Å². The Bertz CT molecular complexity index is 2470. The van der Waals surface area contributed by atoms with Gasteiger partial charge < -0.3 is 41.4 Å². The standard InChI is InChI=1S/C52H65N3O9S/c1-31-8-9-35-25-41-15-17-43(35)45(31)28-47(65(60,61)62)46-27-37-23-36(26-42-22-32(30-57)6-5-7-34-24-40(58)14-16-44(34)49(37)63-42)48(46)33-10-12-38(13-11-33)52(64-41,55-50(53)54)29-39(18-21-56)51(59)19-3-2-4-20-51/h10-17,24-25,27,31-32,36,39,42,45-49,56-59H,2-4,6,8-9,18-23,26,28-30H2,1H3,(H4,53,54,55)(H,60,61,62)/t31-,32+,36-,39+,42-,45+,46-,47-,48+,49-,52-/m1/s1. The van der Waals surface area contributed by atoms with Gasteiger partial charge in [-0.1, -0.05) is 80.5 Å². The van der Waals surface area contributed by atoms with E-state index >= 15 is 0 Å². The molecule has 8 aliphatic rings. The minimum atomic E-state index is -4.66. The van der Waals surface area contributed by atoms with Crippen LogP contribution in [-0.2, 0) is 27.0 Å². The van der Waals surface area contributed by atoms with Gasteiger partial charge in [-0.2, -0.15) is 8.42 Å². The van der Waals surface area contributed by atoms with Crippen LogP contribution in [-0.4, -0.2) is 69.5 Å². The number of rotatable bonds is 8. The van der Waals surface area contributed by atoms with Crippen molar-refractivity contribution < 1.29 is 42.9 Å². The van der Waals surface area contributed by atoms with Crippen molar-refractivity contribution in [3.63, 3.8) is 0 Å². The fourth-order valence-electron chi connectivity index (χ4n) is 12.8. The van der Waals surface area contributed by atoms with E-state index in [9.17, 15) is 33.4 Å². The number of allylic oxidation sites excluding steroid dienone is 1. The summed E-state index contributed by atoms with van der Waals surface area (Å²) in [6, 6.07) is 18.9. The van der Waals surface area contributed by atoms with Crippen molar-refractivity contribution in [1.29, 1.82) is 0 Å². The second-order valence-corrected chi connectivity index (χ2v) is 21.8. The summed E-state index contributed by atoms with van der Waals surface area (Å²) in [5.41, 5.74) is 15.9. The molecule has 13 heteroatoms. The Morgan fingerprint density at radius 1 is 0.985 bits per heavy atom. The van der Waals surface area contributed by atoms with Gasteiger partial charge >= 0.3 is 0 Å². The maximum atomic E-state index is 14.2. The number of guanidine groups is 1. The van der Waals surface area contributed by atoms with Crippen LogP contribution < -0.4 is 16.2 Å². The van der Waals surface area contributed by atoms with Gasteiger partial charge in [0.15, 0.2) is 5.96 Å². The molecular formula is C52H65N3O9S. The van der Waals surface area contributed by atoms with Crippen molar-refractivity contribution in [2.45, 2.75) is 137 Å². The smallest absolute Gasteiger partial charge is 0.268 e. The summed E-state index contributed by atoms with van der Waals surface area (Å²) in [6.45, 7) is 1.95. The van der Waals surface area contributed by atoms with Crippen LogP contribution in [0.3, 0.4) is 0 Å². The molecule has 1 saturated carbocycles. The summed E-state index contributed by atoms with van der Waals surface area (Å²) in [6.07, 6.45) is 9.49. The Morgan fingerprint density at radius 2 is 1.75 bits per heavy atom. The number of phenols is 1. The first-order chi connectivity index (χ1) is 31.2. The van der Waals surface area contributed by atoms with Crippen LogP contribution in [0.25, 0.3) is 0 Å². The molecule has 0 radical (unpaired) electrons. The molecule has 3 aliphatic carbocycles. The number of hydrogen-bond acceptors (Lipinski definition) is 9. The van der Waals surface area contributed by atoms with Crippen LogP contribution in [0.5, 0.6) is 11.5 Å². The van der Waals surface area contributed by atoms with Gasteiger partial charge in [0.25, 0.3) is 10.1 Å². The first kappa shape index (κ1) is 45.7. The highest BCUT2D eigenvalue weighted by Crippen LogP contribution is 2.55. The maximum Gasteiger partial charge on any atom is 0.268 e. The Kier molecular flexibility index (Phi) is 12.9. The zero-order valence-electron chi connectivity index (χ0n) is 37.3. The van der Waals surface area contributed by atoms with E-state index in [-0.39, 0.29) is 73.5 Å². The molecule has 0 amide bonds. The van der Waals surface area contributed by atoms with E-state index in [1.54, 1.807) is 12.1 Å². The van der Waals surface area contributed by atoms with Crippen LogP contribution in [0.2, 0.25) is 0 Å². The van der Waals surface area contributed by atoms with Crippen LogP contribution >= 0.6 is 0 Å². The van der Waals surface area contributed by atoms with Gasteiger partial charge in [0, 0.05) is 48.7 Å². The number of aliphatic hydroxyl groups excluding tert-OH is 2. The lowest BCUT2D eigenvalue weighted by atomic mass is 9.64. The highest BCUT2D eigenvalue weighted by molar-refractivity contribution is 7.86. The summed E-state index contributed by atoms with van der Waals surface area (Å²) in [4.78, 5) is 4.92. The molecule has 3 aromatic rings. The number of fused-ring (bicyclic) bond motifs is 9. The number of nitrogens with zero attached hydrogens (tertiary/aromatic N) is 1. The highest BCUT2D eigenvalue weighted by atomic mass is 32.2. The quantitative estimate of drug-likeness (QED) is 0.0393. The maximum absolute atomic E-state index is 14.2. The van der Waals surface area contributed by atoms with E-state index < -0.39 is 44.6 Å². The topological polar surface area (TPSA) is 218 Å². The van der Waals surface area contributed by atoms with Gasteiger partial charge in [0.2, 0.25) is 5.72 Å². The summed E-state index contributed by atoms with van der Waals surface area (Å²) in [5.74, 6) is 5.04. The zero-order valence-corrected chi connectivity index (χ0v) is 38.1. The molecule has 348 valence electrons. The first-order valence-electron chi connectivity index (χ1n) is 23.8. The van der Waals surface area contributed by atoms with Crippen molar-refractivity contribution in [3.8, 4) is 23.3 Å². The van der Waals surface area contributed by atoms with Crippen LogP contribution in [0.15, 0.2) is 77.3 Å². The summed E-state index contributed by atoms with van der Waals surface area (Å²) in [5, 5.41) is 42.7. The average Bonchev–Trinajstić information content (AvgIpc) is 3.40. The fourth-order valence-corrected chi connectivity index (χ4v) is 13.9. The normalized spacial score (nSPS) is 32.0. The third kappa shape index (κ3) is 9.19. The van der Waals surface area contributed by atoms with E-state index in [1.807, 2.05) is 48.5 Å². The number of hydrogen-bond donors (Lipinski definition) is 7. The van der Waals surface area contributed by atoms with Gasteiger partial charge in [-0.25, -0.2) is 4.99 Å². The van der Waals surface area contributed by atoms with E-state index in [0.29, 0.717) is 61.8 Å². The molecule has 11 rings (SSSR count). The third-order valence-electron chi connectivity index (χ3n) is 16.0. The summed E-state index contributed by atoms with van der Waals surface area (Å²) >= 11 is 0.